The minimum absolute atomic E-state index is 0.514. The molecule has 1 N–H and O–H groups in total. The molecule has 1 aliphatic rings. The maximum atomic E-state index is 4.61. The normalized spacial score (nSPS) is 17.5. The molecule has 1 aromatic carbocycles. The first kappa shape index (κ1) is 16.1. The van der Waals surface area contributed by atoms with E-state index in [9.17, 15) is 0 Å². The van der Waals surface area contributed by atoms with Crippen molar-refractivity contribution in [1.82, 2.24) is 24.6 Å². The Morgan fingerprint density at radius 1 is 1.12 bits per heavy atom. The highest BCUT2D eigenvalue weighted by atomic mass is 15.3. The van der Waals surface area contributed by atoms with Crippen LogP contribution in [0.3, 0.4) is 0 Å². The van der Waals surface area contributed by atoms with Crippen LogP contribution >= 0.6 is 0 Å². The molecule has 0 saturated heterocycles. The highest BCUT2D eigenvalue weighted by molar-refractivity contribution is 5.21. The maximum Gasteiger partial charge on any atom is 0.0925 e. The van der Waals surface area contributed by atoms with E-state index < -0.39 is 0 Å². The highest BCUT2D eigenvalue weighted by Crippen LogP contribution is 2.29. The lowest BCUT2D eigenvalue weighted by molar-refractivity contribution is 0.214. The summed E-state index contributed by atoms with van der Waals surface area (Å²) in [5, 5.41) is 4.29. The Balaban J connectivity index is 1.35. The second-order valence-electron chi connectivity index (χ2n) is 6.85. The SMILES string of the molecule is c1ccc(CCC2CN(CCCn3cccn3)Cc3[nH]cnc32)cc1. The molecule has 5 heteroatoms. The van der Waals surface area contributed by atoms with E-state index in [4.69, 9.17) is 0 Å². The minimum atomic E-state index is 0.514. The predicted octanol–water partition coefficient (Wildman–Crippen LogP) is 3.23. The number of benzene rings is 1. The molecule has 3 aromatic rings. The minimum Gasteiger partial charge on any atom is -0.347 e. The lowest BCUT2D eigenvalue weighted by Gasteiger charge is -2.32. The number of aryl methyl sites for hydroxylation is 2. The zero-order chi connectivity index (χ0) is 16.9. The van der Waals surface area contributed by atoms with Gasteiger partial charge in [-0.15, -0.1) is 0 Å². The fraction of sp³-hybridized carbons (Fsp3) is 0.400. The van der Waals surface area contributed by atoms with Crippen LogP contribution in [0.4, 0.5) is 0 Å². The van der Waals surface area contributed by atoms with Crippen molar-refractivity contribution in [3.05, 3.63) is 72.1 Å². The summed E-state index contributed by atoms with van der Waals surface area (Å²) >= 11 is 0. The van der Waals surface area contributed by atoms with Crippen LogP contribution < -0.4 is 0 Å². The van der Waals surface area contributed by atoms with Crippen LogP contribution in [-0.4, -0.2) is 37.7 Å². The third-order valence-electron chi connectivity index (χ3n) is 5.04. The molecular weight excluding hydrogens is 310 g/mol. The van der Waals surface area contributed by atoms with Crippen LogP contribution in [0.25, 0.3) is 0 Å². The van der Waals surface area contributed by atoms with Crippen molar-refractivity contribution in [2.24, 2.45) is 0 Å². The van der Waals surface area contributed by atoms with E-state index >= 15 is 0 Å². The number of aromatic amines is 1. The molecule has 25 heavy (non-hydrogen) atoms. The summed E-state index contributed by atoms with van der Waals surface area (Å²) in [5.41, 5.74) is 3.98. The molecule has 1 unspecified atom stereocenters. The zero-order valence-corrected chi connectivity index (χ0v) is 14.5. The van der Waals surface area contributed by atoms with Crippen LogP contribution in [0.15, 0.2) is 55.1 Å². The van der Waals surface area contributed by atoms with Crippen LogP contribution in [0.2, 0.25) is 0 Å². The van der Waals surface area contributed by atoms with E-state index in [0.717, 1.165) is 45.4 Å². The van der Waals surface area contributed by atoms with Crippen LogP contribution in [0, 0.1) is 0 Å². The van der Waals surface area contributed by atoms with Gasteiger partial charge in [0, 0.05) is 44.5 Å². The number of nitrogens with one attached hydrogen (secondary N) is 1. The maximum absolute atomic E-state index is 4.61. The van der Waals surface area contributed by atoms with Crippen LogP contribution in [0.1, 0.15) is 35.7 Å². The van der Waals surface area contributed by atoms with Gasteiger partial charge in [-0.05, 0) is 30.9 Å². The zero-order valence-electron chi connectivity index (χ0n) is 14.5. The molecule has 0 amide bonds. The lowest BCUT2D eigenvalue weighted by Crippen LogP contribution is -2.35. The van der Waals surface area contributed by atoms with Crippen molar-refractivity contribution >= 4 is 0 Å². The third kappa shape index (κ3) is 3.99. The van der Waals surface area contributed by atoms with Gasteiger partial charge in [0.25, 0.3) is 0 Å². The fourth-order valence-corrected chi connectivity index (χ4v) is 3.77. The van der Waals surface area contributed by atoms with Gasteiger partial charge in [-0.3, -0.25) is 9.58 Å². The molecule has 1 atom stereocenters. The van der Waals surface area contributed by atoms with Gasteiger partial charge >= 0.3 is 0 Å². The molecule has 0 bridgehead atoms. The predicted molar refractivity (Wildman–Crippen MR) is 98.2 cm³/mol. The van der Waals surface area contributed by atoms with E-state index in [0.29, 0.717) is 5.92 Å². The molecule has 130 valence electrons. The topological polar surface area (TPSA) is 49.7 Å². The number of H-pyrrole nitrogens is 1. The summed E-state index contributed by atoms with van der Waals surface area (Å²) in [7, 11) is 0. The Morgan fingerprint density at radius 2 is 2.04 bits per heavy atom. The molecule has 1 aliphatic heterocycles. The lowest BCUT2D eigenvalue weighted by atomic mass is 9.92. The van der Waals surface area contributed by atoms with Gasteiger partial charge in [0.05, 0.1) is 17.7 Å². The molecule has 5 nitrogen and oxygen atoms in total. The Kier molecular flexibility index (Phi) is 4.93. The van der Waals surface area contributed by atoms with Crippen molar-refractivity contribution in [2.45, 2.75) is 38.3 Å². The molecule has 2 aromatic heterocycles. The van der Waals surface area contributed by atoms with Crippen LogP contribution in [0.5, 0.6) is 0 Å². The molecule has 0 fully saturated rings. The van der Waals surface area contributed by atoms with E-state index in [1.165, 1.54) is 17.0 Å². The summed E-state index contributed by atoms with van der Waals surface area (Å²) in [5.74, 6) is 0.514. The molecule has 0 aliphatic carbocycles. The van der Waals surface area contributed by atoms with Crippen LogP contribution in [-0.2, 0) is 19.5 Å². The number of hydrogen-bond donors (Lipinski definition) is 1. The summed E-state index contributed by atoms with van der Waals surface area (Å²) in [6.07, 6.45) is 9.11. The number of imidazole rings is 1. The summed E-state index contributed by atoms with van der Waals surface area (Å²) in [6, 6.07) is 12.7. The Labute approximate surface area is 148 Å². The van der Waals surface area contributed by atoms with Gasteiger partial charge < -0.3 is 4.98 Å². The monoisotopic (exact) mass is 335 g/mol. The summed E-state index contributed by atoms with van der Waals surface area (Å²) in [4.78, 5) is 10.5. The van der Waals surface area contributed by atoms with Gasteiger partial charge in [0.15, 0.2) is 0 Å². The molecule has 0 spiro atoms. The number of rotatable bonds is 7. The van der Waals surface area contributed by atoms with E-state index in [1.54, 1.807) is 0 Å². The first-order valence-corrected chi connectivity index (χ1v) is 9.14. The largest absolute Gasteiger partial charge is 0.347 e. The number of fused-ring (bicyclic) bond motifs is 1. The van der Waals surface area contributed by atoms with Gasteiger partial charge in [0.1, 0.15) is 0 Å². The van der Waals surface area contributed by atoms with Crippen molar-refractivity contribution < 1.29 is 0 Å². The third-order valence-corrected chi connectivity index (χ3v) is 5.04. The average molecular weight is 335 g/mol. The first-order chi connectivity index (χ1) is 12.4. The molecule has 0 saturated carbocycles. The second kappa shape index (κ2) is 7.66. The Hall–Kier alpha value is -2.40. The Morgan fingerprint density at radius 3 is 2.88 bits per heavy atom. The van der Waals surface area contributed by atoms with Gasteiger partial charge in [-0.2, -0.15) is 5.10 Å². The second-order valence-corrected chi connectivity index (χ2v) is 6.85. The molecule has 0 radical (unpaired) electrons. The molecular formula is C20H25N5. The van der Waals surface area contributed by atoms with Crippen molar-refractivity contribution in [1.29, 1.82) is 0 Å². The highest BCUT2D eigenvalue weighted by Gasteiger charge is 2.27. The summed E-state index contributed by atoms with van der Waals surface area (Å²) in [6.45, 7) is 4.16. The van der Waals surface area contributed by atoms with Gasteiger partial charge in [-0.25, -0.2) is 4.98 Å². The Bertz CT molecular complexity index is 763. The first-order valence-electron chi connectivity index (χ1n) is 9.14. The van der Waals surface area contributed by atoms with Gasteiger partial charge in [-0.1, -0.05) is 30.3 Å². The number of aromatic nitrogens is 4. The molecule has 4 rings (SSSR count). The smallest absolute Gasteiger partial charge is 0.0925 e. The van der Waals surface area contributed by atoms with Crippen molar-refractivity contribution in [2.75, 3.05) is 13.1 Å². The van der Waals surface area contributed by atoms with E-state index in [1.807, 2.05) is 29.5 Å². The van der Waals surface area contributed by atoms with Crippen molar-refractivity contribution in [3.63, 3.8) is 0 Å². The summed E-state index contributed by atoms with van der Waals surface area (Å²) < 4.78 is 2.01. The quantitative estimate of drug-likeness (QED) is 0.721. The average Bonchev–Trinajstić information content (AvgIpc) is 3.32. The fourth-order valence-electron chi connectivity index (χ4n) is 3.77. The molecule has 3 heterocycles. The van der Waals surface area contributed by atoms with Crippen molar-refractivity contribution in [3.8, 4) is 0 Å². The number of nitrogens with zero attached hydrogens (tertiary/aromatic N) is 4. The van der Waals surface area contributed by atoms with E-state index in [2.05, 4.69) is 50.3 Å². The standard InChI is InChI=1S/C20H25N5/c1-2-6-17(7-3-1)8-9-18-14-24(15-19-20(18)22-16-21-19)11-5-13-25-12-4-10-23-25/h1-4,6-7,10,12,16,18H,5,8-9,11,13-15H2,(H,21,22). The van der Waals surface area contributed by atoms with E-state index in [-0.39, 0.29) is 0 Å². The van der Waals surface area contributed by atoms with Gasteiger partial charge in [0.2, 0.25) is 0 Å². The number of hydrogen-bond acceptors (Lipinski definition) is 3.